The number of ether oxygens (including phenoxy) is 1. The van der Waals surface area contributed by atoms with E-state index in [0.29, 0.717) is 5.56 Å². The number of hydrogen-bond donors (Lipinski definition) is 3. The molecule has 0 aliphatic rings. The van der Waals surface area contributed by atoms with Crippen LogP contribution < -0.4 is 21.1 Å². The molecule has 0 aliphatic carbocycles. The van der Waals surface area contributed by atoms with Gasteiger partial charge in [-0.2, -0.15) is 8.78 Å². The first-order chi connectivity index (χ1) is 9.52. The van der Waals surface area contributed by atoms with Gasteiger partial charge in [-0.3, -0.25) is 9.59 Å². The van der Waals surface area contributed by atoms with Gasteiger partial charge < -0.3 is 21.1 Å². The molecule has 9 heteroatoms. The Kier molecular flexibility index (Phi) is 8.98. The molecule has 0 aromatic heterocycles. The van der Waals surface area contributed by atoms with Gasteiger partial charge in [-0.15, -0.1) is 12.4 Å². The lowest BCUT2D eigenvalue weighted by Gasteiger charge is -2.11. The van der Waals surface area contributed by atoms with Gasteiger partial charge >= 0.3 is 6.61 Å². The summed E-state index contributed by atoms with van der Waals surface area (Å²) in [6, 6.07) is 6.11. The van der Waals surface area contributed by atoms with Gasteiger partial charge in [-0.1, -0.05) is 18.2 Å². The molecule has 0 aliphatic heterocycles. The molecule has 1 aromatic rings. The Morgan fingerprint density at radius 3 is 2.48 bits per heavy atom. The zero-order chi connectivity index (χ0) is 15.0. The quantitative estimate of drug-likeness (QED) is 0.677. The van der Waals surface area contributed by atoms with Crippen molar-refractivity contribution in [1.82, 2.24) is 10.6 Å². The van der Waals surface area contributed by atoms with Gasteiger partial charge in [0.25, 0.3) is 0 Å². The SMILES string of the molecule is Cl.NCC(=O)NCC(=O)NCc1ccccc1OC(F)F. The van der Waals surface area contributed by atoms with Crippen LogP contribution in [0, 0.1) is 0 Å². The number of nitrogens with two attached hydrogens (primary N) is 1. The van der Waals surface area contributed by atoms with Crippen LogP contribution in [-0.4, -0.2) is 31.5 Å². The molecule has 0 saturated carbocycles. The Balaban J connectivity index is 0.00000400. The molecule has 0 unspecified atom stereocenters. The zero-order valence-electron chi connectivity index (χ0n) is 11.0. The van der Waals surface area contributed by atoms with E-state index in [0.717, 1.165) is 0 Å². The Morgan fingerprint density at radius 1 is 1.19 bits per heavy atom. The molecular formula is C12H16ClF2N3O3. The summed E-state index contributed by atoms with van der Waals surface area (Å²) in [5.74, 6) is -0.922. The Morgan fingerprint density at radius 2 is 1.86 bits per heavy atom. The number of carbonyl (C=O) groups is 2. The van der Waals surface area contributed by atoms with Crippen molar-refractivity contribution in [2.24, 2.45) is 5.73 Å². The summed E-state index contributed by atoms with van der Waals surface area (Å²) in [4.78, 5) is 22.3. The summed E-state index contributed by atoms with van der Waals surface area (Å²) in [5.41, 5.74) is 5.47. The maximum atomic E-state index is 12.2. The number of amides is 2. The predicted molar refractivity (Wildman–Crippen MR) is 74.2 cm³/mol. The van der Waals surface area contributed by atoms with Gasteiger partial charge in [0.2, 0.25) is 11.8 Å². The van der Waals surface area contributed by atoms with Crippen LogP contribution in [0.5, 0.6) is 5.75 Å². The van der Waals surface area contributed by atoms with Crippen molar-refractivity contribution in [1.29, 1.82) is 0 Å². The number of nitrogens with one attached hydrogen (secondary N) is 2. The third-order valence-electron chi connectivity index (χ3n) is 2.30. The van der Waals surface area contributed by atoms with Crippen LogP contribution in [0.2, 0.25) is 0 Å². The number of benzene rings is 1. The largest absolute Gasteiger partial charge is 0.434 e. The van der Waals surface area contributed by atoms with Gasteiger partial charge in [0.1, 0.15) is 5.75 Å². The van der Waals surface area contributed by atoms with Crippen molar-refractivity contribution >= 4 is 24.2 Å². The van der Waals surface area contributed by atoms with E-state index in [4.69, 9.17) is 5.73 Å². The second-order valence-corrected chi connectivity index (χ2v) is 3.74. The first-order valence-electron chi connectivity index (χ1n) is 5.79. The van der Waals surface area contributed by atoms with Gasteiger partial charge in [0.05, 0.1) is 13.1 Å². The van der Waals surface area contributed by atoms with Crippen molar-refractivity contribution in [2.45, 2.75) is 13.2 Å². The molecule has 21 heavy (non-hydrogen) atoms. The van der Waals surface area contributed by atoms with E-state index in [1.54, 1.807) is 18.2 Å². The van der Waals surface area contributed by atoms with Crippen molar-refractivity contribution < 1.29 is 23.1 Å². The molecule has 0 fully saturated rings. The van der Waals surface area contributed by atoms with E-state index in [1.807, 2.05) is 0 Å². The molecule has 0 atom stereocenters. The highest BCUT2D eigenvalue weighted by molar-refractivity contribution is 5.85. The number of para-hydroxylation sites is 1. The fourth-order valence-corrected chi connectivity index (χ4v) is 1.37. The number of halogens is 3. The summed E-state index contributed by atoms with van der Waals surface area (Å²) >= 11 is 0. The van der Waals surface area contributed by atoms with E-state index in [2.05, 4.69) is 15.4 Å². The summed E-state index contributed by atoms with van der Waals surface area (Å²) in [7, 11) is 0. The van der Waals surface area contributed by atoms with Gasteiger partial charge in [0.15, 0.2) is 0 Å². The third-order valence-corrected chi connectivity index (χ3v) is 2.30. The van der Waals surface area contributed by atoms with Crippen molar-refractivity contribution in [3.63, 3.8) is 0 Å². The third kappa shape index (κ3) is 7.42. The van der Waals surface area contributed by atoms with Crippen LogP contribution in [0.1, 0.15) is 5.56 Å². The predicted octanol–water partition coefficient (Wildman–Crippen LogP) is 0.401. The van der Waals surface area contributed by atoms with Crippen LogP contribution in [0.25, 0.3) is 0 Å². The topological polar surface area (TPSA) is 93.5 Å². The molecule has 118 valence electrons. The van der Waals surface area contributed by atoms with Crippen LogP contribution in [0.3, 0.4) is 0 Å². The van der Waals surface area contributed by atoms with Crippen LogP contribution in [0.4, 0.5) is 8.78 Å². The molecule has 0 bridgehead atoms. The first kappa shape index (κ1) is 19.1. The Hall–Kier alpha value is -1.93. The summed E-state index contributed by atoms with van der Waals surface area (Å²) in [5, 5.41) is 4.76. The van der Waals surface area contributed by atoms with E-state index in [-0.39, 0.29) is 37.8 Å². The molecule has 2 amide bonds. The molecule has 1 rings (SSSR count). The van der Waals surface area contributed by atoms with E-state index in [1.165, 1.54) is 6.07 Å². The van der Waals surface area contributed by atoms with Crippen molar-refractivity contribution in [2.75, 3.05) is 13.1 Å². The lowest BCUT2D eigenvalue weighted by molar-refractivity contribution is -0.125. The van der Waals surface area contributed by atoms with Gasteiger partial charge in [0, 0.05) is 12.1 Å². The average molecular weight is 324 g/mol. The molecule has 1 aromatic carbocycles. The summed E-state index contributed by atoms with van der Waals surface area (Å²) in [6.07, 6.45) is 0. The van der Waals surface area contributed by atoms with E-state index >= 15 is 0 Å². The maximum absolute atomic E-state index is 12.2. The van der Waals surface area contributed by atoms with Gasteiger partial charge in [-0.05, 0) is 6.07 Å². The Bertz CT molecular complexity index is 475. The number of alkyl halides is 2. The fraction of sp³-hybridized carbons (Fsp3) is 0.333. The van der Waals surface area contributed by atoms with E-state index in [9.17, 15) is 18.4 Å². The lowest BCUT2D eigenvalue weighted by Crippen LogP contribution is -2.39. The maximum Gasteiger partial charge on any atom is 0.387 e. The number of carbonyl (C=O) groups excluding carboxylic acids is 2. The molecular weight excluding hydrogens is 308 g/mol. The summed E-state index contributed by atoms with van der Waals surface area (Å²) in [6.45, 7) is -3.36. The highest BCUT2D eigenvalue weighted by atomic mass is 35.5. The minimum Gasteiger partial charge on any atom is -0.434 e. The molecule has 0 saturated heterocycles. The minimum absolute atomic E-state index is 0. The van der Waals surface area contributed by atoms with Crippen molar-refractivity contribution in [3.05, 3.63) is 29.8 Å². The minimum atomic E-state index is -2.93. The number of rotatable bonds is 7. The second-order valence-electron chi connectivity index (χ2n) is 3.74. The van der Waals surface area contributed by atoms with Crippen LogP contribution >= 0.6 is 12.4 Å². The monoisotopic (exact) mass is 323 g/mol. The fourth-order valence-electron chi connectivity index (χ4n) is 1.37. The lowest BCUT2D eigenvalue weighted by atomic mass is 10.2. The molecule has 0 heterocycles. The highest BCUT2D eigenvalue weighted by Crippen LogP contribution is 2.19. The highest BCUT2D eigenvalue weighted by Gasteiger charge is 2.10. The normalized spacial score (nSPS) is 9.71. The van der Waals surface area contributed by atoms with Crippen LogP contribution in [0.15, 0.2) is 24.3 Å². The van der Waals surface area contributed by atoms with E-state index < -0.39 is 18.4 Å². The molecule has 0 spiro atoms. The molecule has 4 N–H and O–H groups in total. The average Bonchev–Trinajstić information content (AvgIpc) is 2.43. The standard InChI is InChI=1S/C12H15F2N3O3.ClH/c13-12(14)20-9-4-2-1-3-8(9)6-16-11(19)7-17-10(18)5-15;/h1-4,12H,5-7,15H2,(H,16,19)(H,17,18);1H. The number of hydrogen-bond acceptors (Lipinski definition) is 4. The molecule has 6 nitrogen and oxygen atoms in total. The van der Waals surface area contributed by atoms with Gasteiger partial charge in [-0.25, -0.2) is 0 Å². The molecule has 0 radical (unpaired) electrons. The van der Waals surface area contributed by atoms with Crippen LogP contribution in [-0.2, 0) is 16.1 Å². The summed E-state index contributed by atoms with van der Waals surface area (Å²) < 4.78 is 28.7. The Labute approximate surface area is 126 Å². The first-order valence-corrected chi connectivity index (χ1v) is 5.79. The second kappa shape index (κ2) is 9.89. The smallest absolute Gasteiger partial charge is 0.387 e. The van der Waals surface area contributed by atoms with Crippen molar-refractivity contribution in [3.8, 4) is 5.75 Å². The zero-order valence-corrected chi connectivity index (χ0v) is 11.8.